The van der Waals surface area contributed by atoms with Crippen LogP contribution in [0.2, 0.25) is 0 Å². The van der Waals surface area contributed by atoms with Gasteiger partial charge in [0, 0.05) is 26.4 Å². The van der Waals surface area contributed by atoms with Crippen molar-refractivity contribution in [3.8, 4) is 0 Å². The summed E-state index contributed by atoms with van der Waals surface area (Å²) in [6, 6.07) is 5.43. The lowest BCUT2D eigenvalue weighted by molar-refractivity contribution is -0.137. The van der Waals surface area contributed by atoms with Crippen molar-refractivity contribution in [2.45, 2.75) is 11.6 Å². The zero-order chi connectivity index (χ0) is 13.8. The summed E-state index contributed by atoms with van der Waals surface area (Å²) in [4.78, 5) is 1.49. The highest BCUT2D eigenvalue weighted by Gasteiger charge is 2.34. The number of methoxy groups -OCH3 is 1. The summed E-state index contributed by atoms with van der Waals surface area (Å²) in [5.74, 6) is 0. The molecule has 0 fully saturated rings. The number of halogens is 4. The second-order valence-corrected chi connectivity index (χ2v) is 4.57. The minimum Gasteiger partial charge on any atom is -0.383 e. The molecule has 0 aliphatic rings. The summed E-state index contributed by atoms with van der Waals surface area (Å²) >= 11 is 5.94. The number of hydrogen-bond donors (Lipinski definition) is 0. The van der Waals surface area contributed by atoms with Crippen LogP contribution in [0, 0.1) is 0 Å². The van der Waals surface area contributed by atoms with Gasteiger partial charge in [-0.3, -0.25) is 0 Å². The second kappa shape index (κ2) is 6.29. The maximum absolute atomic E-state index is 12.8. The first kappa shape index (κ1) is 15.1. The number of alkyl halides is 4. The van der Waals surface area contributed by atoms with E-state index in [-0.39, 0.29) is 17.6 Å². The summed E-state index contributed by atoms with van der Waals surface area (Å²) in [6.45, 7) is 0.572. The molecule has 1 aromatic carbocycles. The highest BCUT2D eigenvalue weighted by molar-refractivity contribution is 6.21. The van der Waals surface area contributed by atoms with Gasteiger partial charge in [-0.15, -0.1) is 11.6 Å². The van der Waals surface area contributed by atoms with Crippen LogP contribution in [-0.4, -0.2) is 32.7 Å². The van der Waals surface area contributed by atoms with Gasteiger partial charge in [0.1, 0.15) is 0 Å². The van der Waals surface area contributed by atoms with E-state index in [9.17, 15) is 13.2 Å². The number of rotatable bonds is 5. The quantitative estimate of drug-likeness (QED) is 0.767. The molecule has 1 unspecified atom stereocenters. The van der Waals surface area contributed by atoms with Crippen molar-refractivity contribution in [3.63, 3.8) is 0 Å². The Morgan fingerprint density at radius 2 is 1.94 bits per heavy atom. The Bertz CT molecular complexity index is 384. The summed E-state index contributed by atoms with van der Waals surface area (Å²) in [6.07, 6.45) is -4.37. The van der Waals surface area contributed by atoms with Gasteiger partial charge >= 0.3 is 6.18 Å². The molecule has 6 heteroatoms. The number of nitrogens with zero attached hydrogens (tertiary/aromatic N) is 1. The second-order valence-electron chi connectivity index (χ2n) is 3.95. The molecule has 0 radical (unpaired) electrons. The molecule has 0 heterocycles. The Morgan fingerprint density at radius 3 is 2.50 bits per heavy atom. The maximum atomic E-state index is 12.8. The molecule has 0 saturated heterocycles. The topological polar surface area (TPSA) is 12.5 Å². The van der Waals surface area contributed by atoms with Crippen molar-refractivity contribution >= 4 is 17.3 Å². The maximum Gasteiger partial charge on any atom is 0.418 e. The monoisotopic (exact) mass is 281 g/mol. The van der Waals surface area contributed by atoms with E-state index in [1.165, 1.54) is 24.1 Å². The van der Waals surface area contributed by atoms with Gasteiger partial charge in [-0.05, 0) is 12.1 Å². The predicted octanol–water partition coefficient (Wildman–Crippen LogP) is 3.40. The van der Waals surface area contributed by atoms with Crippen molar-refractivity contribution in [2.75, 3.05) is 32.2 Å². The van der Waals surface area contributed by atoms with Gasteiger partial charge in [-0.2, -0.15) is 13.2 Å². The van der Waals surface area contributed by atoms with Crippen LogP contribution >= 0.6 is 11.6 Å². The lowest BCUT2D eigenvalue weighted by Crippen LogP contribution is -2.30. The molecule has 1 aromatic rings. The molecule has 0 bridgehead atoms. The molecule has 0 amide bonds. The van der Waals surface area contributed by atoms with Crippen molar-refractivity contribution in [1.82, 2.24) is 0 Å². The van der Waals surface area contributed by atoms with Gasteiger partial charge in [0.15, 0.2) is 0 Å². The molecule has 0 N–H and O–H groups in total. The lowest BCUT2D eigenvalue weighted by atomic mass is 10.1. The average molecular weight is 282 g/mol. The largest absolute Gasteiger partial charge is 0.418 e. The zero-order valence-electron chi connectivity index (χ0n) is 10.2. The van der Waals surface area contributed by atoms with Crippen LogP contribution in [-0.2, 0) is 10.9 Å². The fourth-order valence-electron chi connectivity index (χ4n) is 1.68. The number of anilines is 1. The summed E-state index contributed by atoms with van der Waals surface area (Å²) in [5.41, 5.74) is -0.541. The van der Waals surface area contributed by atoms with Gasteiger partial charge in [-0.1, -0.05) is 12.1 Å². The lowest BCUT2D eigenvalue weighted by Gasteiger charge is -2.25. The van der Waals surface area contributed by atoms with E-state index in [4.69, 9.17) is 16.3 Å². The van der Waals surface area contributed by atoms with E-state index in [2.05, 4.69) is 0 Å². The Morgan fingerprint density at radius 1 is 1.33 bits per heavy atom. The molecule has 0 spiro atoms. The number of para-hydroxylation sites is 1. The van der Waals surface area contributed by atoms with E-state index in [1.54, 1.807) is 13.1 Å². The van der Waals surface area contributed by atoms with Crippen LogP contribution in [0.3, 0.4) is 0 Å². The van der Waals surface area contributed by atoms with Crippen LogP contribution in [0.1, 0.15) is 5.56 Å². The first-order valence-corrected chi connectivity index (χ1v) is 5.80. The third-order valence-corrected chi connectivity index (χ3v) is 2.70. The van der Waals surface area contributed by atoms with E-state index < -0.39 is 11.7 Å². The molecule has 1 atom stereocenters. The molecule has 1 rings (SSSR count). The van der Waals surface area contributed by atoms with E-state index in [0.29, 0.717) is 6.61 Å². The van der Waals surface area contributed by atoms with Crippen LogP contribution in [0.5, 0.6) is 0 Å². The molecule has 0 aliphatic heterocycles. The van der Waals surface area contributed by atoms with E-state index in [1.807, 2.05) is 0 Å². The van der Waals surface area contributed by atoms with Gasteiger partial charge in [0.05, 0.1) is 17.5 Å². The molecule has 18 heavy (non-hydrogen) atoms. The minimum atomic E-state index is -4.37. The molecular formula is C12H15ClF3NO. The zero-order valence-corrected chi connectivity index (χ0v) is 10.9. The highest BCUT2D eigenvalue weighted by atomic mass is 35.5. The van der Waals surface area contributed by atoms with Crippen molar-refractivity contribution < 1.29 is 17.9 Å². The predicted molar refractivity (Wildman–Crippen MR) is 66.2 cm³/mol. The Labute approximate surface area is 109 Å². The van der Waals surface area contributed by atoms with Gasteiger partial charge < -0.3 is 9.64 Å². The van der Waals surface area contributed by atoms with Crippen LogP contribution in [0.15, 0.2) is 24.3 Å². The van der Waals surface area contributed by atoms with Crippen molar-refractivity contribution in [1.29, 1.82) is 0 Å². The Kier molecular flexibility index (Phi) is 5.28. The molecule has 102 valence electrons. The minimum absolute atomic E-state index is 0.117. The van der Waals surface area contributed by atoms with Gasteiger partial charge in [0.2, 0.25) is 0 Å². The van der Waals surface area contributed by atoms with Gasteiger partial charge in [0.25, 0.3) is 0 Å². The van der Waals surface area contributed by atoms with E-state index >= 15 is 0 Å². The number of benzene rings is 1. The molecule has 0 saturated carbocycles. The van der Waals surface area contributed by atoms with Crippen LogP contribution in [0.25, 0.3) is 0 Å². The molecule has 0 aliphatic carbocycles. The van der Waals surface area contributed by atoms with Crippen molar-refractivity contribution in [2.24, 2.45) is 0 Å². The first-order valence-electron chi connectivity index (χ1n) is 5.36. The Hall–Kier alpha value is -0.940. The van der Waals surface area contributed by atoms with Gasteiger partial charge in [-0.25, -0.2) is 0 Å². The summed E-state index contributed by atoms with van der Waals surface area (Å²) < 4.78 is 43.3. The number of hydrogen-bond acceptors (Lipinski definition) is 2. The summed E-state index contributed by atoms with van der Waals surface area (Å²) in [5, 5.41) is -0.360. The van der Waals surface area contributed by atoms with Crippen LogP contribution < -0.4 is 4.90 Å². The van der Waals surface area contributed by atoms with E-state index in [0.717, 1.165) is 6.07 Å². The fourth-order valence-corrected chi connectivity index (χ4v) is 2.01. The number of ether oxygens (including phenoxy) is 1. The third kappa shape index (κ3) is 4.07. The third-order valence-electron chi connectivity index (χ3n) is 2.44. The normalized spacial score (nSPS) is 13.4. The first-order chi connectivity index (χ1) is 8.36. The standard InChI is InChI=1S/C12H15ClF3NO/c1-17(7-9(13)8-18-2)11-6-4-3-5-10(11)12(14,15)16/h3-6,9H,7-8H2,1-2H3. The van der Waals surface area contributed by atoms with Crippen molar-refractivity contribution in [3.05, 3.63) is 29.8 Å². The molecule has 0 aromatic heterocycles. The highest BCUT2D eigenvalue weighted by Crippen LogP contribution is 2.36. The van der Waals surface area contributed by atoms with Crippen LogP contribution in [0.4, 0.5) is 18.9 Å². The smallest absolute Gasteiger partial charge is 0.383 e. The molecular weight excluding hydrogens is 267 g/mol. The fraction of sp³-hybridized carbons (Fsp3) is 0.500. The Balaban J connectivity index is 2.89. The average Bonchev–Trinajstić information content (AvgIpc) is 2.28. The SMILES string of the molecule is COCC(Cl)CN(C)c1ccccc1C(F)(F)F. The molecule has 2 nitrogen and oxygen atoms in total. The summed E-state index contributed by atoms with van der Waals surface area (Å²) in [7, 11) is 3.08.